The maximum atomic E-state index is 12.8. The lowest BCUT2D eigenvalue weighted by molar-refractivity contribution is 0.141. The molecule has 5 heteroatoms. The summed E-state index contributed by atoms with van der Waals surface area (Å²) in [6, 6.07) is 5.10. The van der Waals surface area contributed by atoms with Gasteiger partial charge in [-0.05, 0) is 42.9 Å². The van der Waals surface area contributed by atoms with E-state index in [0.29, 0.717) is 34.7 Å². The van der Waals surface area contributed by atoms with Crippen LogP contribution in [0.25, 0.3) is 0 Å². The summed E-state index contributed by atoms with van der Waals surface area (Å²) in [4.78, 5) is 0.350. The van der Waals surface area contributed by atoms with Crippen LogP contribution in [0.15, 0.2) is 23.1 Å². The van der Waals surface area contributed by atoms with Crippen LogP contribution in [-0.4, -0.2) is 25.8 Å². The van der Waals surface area contributed by atoms with Crippen molar-refractivity contribution < 1.29 is 8.42 Å². The van der Waals surface area contributed by atoms with Gasteiger partial charge in [0, 0.05) is 18.8 Å². The van der Waals surface area contributed by atoms with E-state index in [-0.39, 0.29) is 0 Å². The van der Waals surface area contributed by atoms with E-state index in [1.807, 2.05) is 0 Å². The highest BCUT2D eigenvalue weighted by Gasteiger charge is 2.36. The molecule has 1 aliphatic heterocycles. The third-order valence-electron chi connectivity index (χ3n) is 5.23. The zero-order valence-corrected chi connectivity index (χ0v) is 14.0. The van der Waals surface area contributed by atoms with Gasteiger partial charge in [0.1, 0.15) is 0 Å². The van der Waals surface area contributed by atoms with E-state index < -0.39 is 10.0 Å². The highest BCUT2D eigenvalue weighted by atomic mass is 32.2. The zero-order valence-electron chi connectivity index (χ0n) is 13.2. The molecule has 1 aliphatic rings. The van der Waals surface area contributed by atoms with Gasteiger partial charge in [-0.2, -0.15) is 4.31 Å². The van der Waals surface area contributed by atoms with Crippen LogP contribution in [0.4, 0.5) is 5.69 Å². The second kappa shape index (κ2) is 5.97. The van der Waals surface area contributed by atoms with E-state index in [1.54, 1.807) is 29.4 Å². The minimum atomic E-state index is -3.43. The number of rotatable bonds is 4. The van der Waals surface area contributed by atoms with Crippen LogP contribution in [0.1, 0.15) is 45.1 Å². The van der Waals surface area contributed by atoms with E-state index in [9.17, 15) is 8.42 Å². The average Bonchev–Trinajstić information content (AvgIpc) is 2.50. The maximum Gasteiger partial charge on any atom is 0.243 e. The fraction of sp³-hybridized carbons (Fsp3) is 0.625. The molecule has 0 aromatic heterocycles. The molecule has 118 valence electrons. The highest BCUT2D eigenvalue weighted by Crippen LogP contribution is 2.39. The Balaban J connectivity index is 2.25. The molecule has 0 unspecified atom stereocenters. The van der Waals surface area contributed by atoms with Crippen molar-refractivity contribution in [1.29, 1.82) is 0 Å². The van der Waals surface area contributed by atoms with E-state index >= 15 is 0 Å². The predicted molar refractivity (Wildman–Crippen MR) is 86.6 cm³/mol. The van der Waals surface area contributed by atoms with Crippen molar-refractivity contribution >= 4 is 15.7 Å². The summed E-state index contributed by atoms with van der Waals surface area (Å²) in [5.41, 5.74) is 7.35. The minimum absolute atomic E-state index is 0.316. The number of benzene rings is 1. The maximum absolute atomic E-state index is 12.8. The Morgan fingerprint density at radius 2 is 1.76 bits per heavy atom. The first-order valence-corrected chi connectivity index (χ1v) is 9.15. The molecule has 4 nitrogen and oxygen atoms in total. The molecule has 1 fully saturated rings. The van der Waals surface area contributed by atoms with E-state index in [2.05, 4.69) is 13.8 Å². The minimum Gasteiger partial charge on any atom is -0.398 e. The lowest BCUT2D eigenvalue weighted by Gasteiger charge is -2.40. The summed E-state index contributed by atoms with van der Waals surface area (Å²) >= 11 is 0. The van der Waals surface area contributed by atoms with E-state index in [4.69, 9.17) is 5.73 Å². The van der Waals surface area contributed by atoms with Gasteiger partial charge in [0.05, 0.1) is 4.90 Å². The van der Waals surface area contributed by atoms with Crippen LogP contribution < -0.4 is 5.73 Å². The van der Waals surface area contributed by atoms with Crippen molar-refractivity contribution in [3.05, 3.63) is 23.8 Å². The van der Waals surface area contributed by atoms with Gasteiger partial charge in [-0.3, -0.25) is 0 Å². The quantitative estimate of drug-likeness (QED) is 0.869. The molecule has 21 heavy (non-hydrogen) atoms. The third kappa shape index (κ3) is 2.94. The lowest BCUT2D eigenvalue weighted by atomic mass is 9.75. The van der Waals surface area contributed by atoms with Crippen molar-refractivity contribution in [2.75, 3.05) is 18.8 Å². The Bertz CT molecular complexity index is 597. The number of anilines is 1. The van der Waals surface area contributed by atoms with Gasteiger partial charge in [-0.25, -0.2) is 8.42 Å². The molecule has 0 saturated carbocycles. The Morgan fingerprint density at radius 3 is 2.29 bits per heavy atom. The topological polar surface area (TPSA) is 63.4 Å². The summed E-state index contributed by atoms with van der Waals surface area (Å²) in [5.74, 6) is 0. The van der Waals surface area contributed by atoms with Gasteiger partial charge >= 0.3 is 0 Å². The first-order chi connectivity index (χ1) is 9.86. The molecule has 1 aromatic carbocycles. The predicted octanol–water partition coefficient (Wildman–Crippen LogP) is 3.17. The summed E-state index contributed by atoms with van der Waals surface area (Å²) in [6.07, 6.45) is 4.13. The zero-order chi connectivity index (χ0) is 15.7. The van der Waals surface area contributed by atoms with Gasteiger partial charge in [0.15, 0.2) is 0 Å². The Morgan fingerprint density at radius 1 is 1.19 bits per heavy atom. The number of hydrogen-bond acceptors (Lipinski definition) is 3. The SMILES string of the molecule is CCC1(CC)CCN(S(=O)(=O)c2cccc(N)c2C)CC1. The Hall–Kier alpha value is -1.07. The first kappa shape index (κ1) is 16.3. The smallest absolute Gasteiger partial charge is 0.243 e. The summed E-state index contributed by atoms with van der Waals surface area (Å²) in [6.45, 7) is 7.40. The number of hydrogen-bond donors (Lipinski definition) is 1. The Labute approximate surface area is 128 Å². The number of nitrogens with zero attached hydrogens (tertiary/aromatic N) is 1. The normalized spacial score (nSPS) is 19.6. The summed E-state index contributed by atoms with van der Waals surface area (Å²) in [5, 5.41) is 0. The van der Waals surface area contributed by atoms with Crippen LogP contribution in [0, 0.1) is 12.3 Å². The Kier molecular flexibility index (Phi) is 4.63. The molecule has 1 saturated heterocycles. The second-order valence-electron chi connectivity index (χ2n) is 6.08. The van der Waals surface area contributed by atoms with Crippen LogP contribution in [0.3, 0.4) is 0 Å². The molecule has 2 rings (SSSR count). The van der Waals surface area contributed by atoms with Crippen LogP contribution in [0.5, 0.6) is 0 Å². The molecule has 0 spiro atoms. The van der Waals surface area contributed by atoms with Crippen molar-refractivity contribution in [2.24, 2.45) is 5.41 Å². The molecule has 0 aliphatic carbocycles. The lowest BCUT2D eigenvalue weighted by Crippen LogP contribution is -2.42. The fourth-order valence-electron chi connectivity index (χ4n) is 3.21. The molecular formula is C16H26N2O2S. The van der Waals surface area contributed by atoms with Gasteiger partial charge in [-0.15, -0.1) is 0 Å². The molecule has 2 N–H and O–H groups in total. The summed E-state index contributed by atoms with van der Waals surface area (Å²) in [7, 11) is -3.43. The molecule has 1 heterocycles. The molecule has 0 atom stereocenters. The monoisotopic (exact) mass is 310 g/mol. The highest BCUT2D eigenvalue weighted by molar-refractivity contribution is 7.89. The average molecular weight is 310 g/mol. The fourth-order valence-corrected chi connectivity index (χ4v) is 4.90. The van der Waals surface area contributed by atoms with Crippen LogP contribution in [0.2, 0.25) is 0 Å². The van der Waals surface area contributed by atoms with E-state index in [1.165, 1.54) is 0 Å². The van der Waals surface area contributed by atoms with Crippen molar-refractivity contribution in [3.63, 3.8) is 0 Å². The second-order valence-corrected chi connectivity index (χ2v) is 7.99. The van der Waals surface area contributed by atoms with Crippen LogP contribution in [-0.2, 0) is 10.0 Å². The van der Waals surface area contributed by atoms with Gasteiger partial charge in [-0.1, -0.05) is 32.8 Å². The summed E-state index contributed by atoms with van der Waals surface area (Å²) < 4.78 is 27.3. The molecule has 0 amide bonds. The van der Waals surface area contributed by atoms with E-state index in [0.717, 1.165) is 25.7 Å². The van der Waals surface area contributed by atoms with Crippen molar-refractivity contribution in [3.8, 4) is 0 Å². The number of nitrogens with two attached hydrogens (primary N) is 1. The standard InChI is InChI=1S/C16H26N2O2S/c1-4-16(5-2)9-11-18(12-10-16)21(19,20)15-8-6-7-14(17)13(15)3/h6-8H,4-5,9-12,17H2,1-3H3. The number of nitrogen functional groups attached to an aromatic ring is 1. The molecular weight excluding hydrogens is 284 g/mol. The number of piperidine rings is 1. The van der Waals surface area contributed by atoms with Crippen molar-refractivity contribution in [2.45, 2.75) is 51.3 Å². The molecule has 1 aromatic rings. The first-order valence-electron chi connectivity index (χ1n) is 7.71. The van der Waals surface area contributed by atoms with Crippen LogP contribution >= 0.6 is 0 Å². The van der Waals surface area contributed by atoms with Crippen molar-refractivity contribution in [1.82, 2.24) is 4.31 Å². The molecule has 0 bridgehead atoms. The number of sulfonamides is 1. The molecule has 0 radical (unpaired) electrons. The largest absolute Gasteiger partial charge is 0.398 e. The van der Waals surface area contributed by atoms with Gasteiger partial charge in [0.25, 0.3) is 0 Å². The van der Waals surface area contributed by atoms with Gasteiger partial charge < -0.3 is 5.73 Å². The van der Waals surface area contributed by atoms with Gasteiger partial charge in [0.2, 0.25) is 10.0 Å². The third-order valence-corrected chi connectivity index (χ3v) is 7.27.